The minimum absolute atomic E-state index is 0.123. The zero-order chi connectivity index (χ0) is 17.2. The van der Waals surface area contributed by atoms with Crippen LogP contribution in [0, 0.1) is 11.8 Å². The minimum atomic E-state index is -0.825. The molecule has 24 heavy (non-hydrogen) atoms. The molecule has 2 heterocycles. The van der Waals surface area contributed by atoms with Gasteiger partial charge in [-0.15, -0.1) is 0 Å². The van der Waals surface area contributed by atoms with Gasteiger partial charge in [0.1, 0.15) is 6.10 Å². The van der Waals surface area contributed by atoms with E-state index >= 15 is 0 Å². The number of hydrogen-bond acceptors (Lipinski definition) is 4. The third-order valence-electron chi connectivity index (χ3n) is 5.49. The van der Waals surface area contributed by atoms with Gasteiger partial charge in [-0.2, -0.15) is 0 Å². The van der Waals surface area contributed by atoms with Crippen LogP contribution in [0.5, 0.6) is 0 Å². The van der Waals surface area contributed by atoms with Crippen molar-refractivity contribution >= 4 is 12.0 Å². The highest BCUT2D eigenvalue weighted by Gasteiger charge is 2.43. The molecule has 136 valence electrons. The van der Waals surface area contributed by atoms with Gasteiger partial charge in [-0.1, -0.05) is 6.92 Å². The Morgan fingerprint density at radius 1 is 1.29 bits per heavy atom. The van der Waals surface area contributed by atoms with Crippen molar-refractivity contribution in [2.45, 2.75) is 57.3 Å². The zero-order valence-corrected chi connectivity index (χ0v) is 14.3. The van der Waals surface area contributed by atoms with Crippen LogP contribution in [0.15, 0.2) is 0 Å². The maximum absolute atomic E-state index is 12.3. The number of rotatable bonds is 3. The van der Waals surface area contributed by atoms with Crippen LogP contribution in [0.3, 0.4) is 0 Å². The first-order chi connectivity index (χ1) is 11.5. The van der Waals surface area contributed by atoms with E-state index in [9.17, 15) is 9.59 Å². The second kappa shape index (κ2) is 7.27. The van der Waals surface area contributed by atoms with Gasteiger partial charge in [0.15, 0.2) is 5.79 Å². The predicted octanol–water partition coefficient (Wildman–Crippen LogP) is 1.81. The standard InChI is InChI=1S/C17H28N2O5/c1-12-4-6-17(7-5-12)23-11-14(24-17)9-18-16(22)19-8-2-3-13(10-19)15(20)21/h12-14H,2-11H2,1H3,(H,18,22)(H,20,21). The number of carbonyl (C=O) groups excluding carboxylic acids is 1. The second-order valence-corrected chi connectivity index (χ2v) is 7.45. The van der Waals surface area contributed by atoms with E-state index in [1.54, 1.807) is 4.90 Å². The van der Waals surface area contributed by atoms with Crippen molar-refractivity contribution in [1.82, 2.24) is 10.2 Å². The molecular weight excluding hydrogens is 312 g/mol. The normalized spacial score (nSPS) is 36.7. The molecule has 0 aromatic rings. The van der Waals surface area contributed by atoms with Crippen molar-refractivity contribution in [2.24, 2.45) is 11.8 Å². The number of likely N-dealkylation sites (tertiary alicyclic amines) is 1. The van der Waals surface area contributed by atoms with E-state index in [1.165, 1.54) is 0 Å². The molecular formula is C17H28N2O5. The summed E-state index contributed by atoms with van der Waals surface area (Å²) in [4.78, 5) is 24.9. The first-order valence-electron chi connectivity index (χ1n) is 9.05. The van der Waals surface area contributed by atoms with E-state index in [4.69, 9.17) is 14.6 Å². The molecule has 7 nitrogen and oxygen atoms in total. The van der Waals surface area contributed by atoms with Gasteiger partial charge >= 0.3 is 12.0 Å². The van der Waals surface area contributed by atoms with Crippen LogP contribution in [0.2, 0.25) is 0 Å². The second-order valence-electron chi connectivity index (χ2n) is 7.45. The topological polar surface area (TPSA) is 88.1 Å². The Labute approximate surface area is 142 Å². The van der Waals surface area contributed by atoms with Crippen molar-refractivity contribution in [2.75, 3.05) is 26.2 Å². The highest BCUT2D eigenvalue weighted by atomic mass is 16.7. The summed E-state index contributed by atoms with van der Waals surface area (Å²) >= 11 is 0. The van der Waals surface area contributed by atoms with Crippen LogP contribution in [0.25, 0.3) is 0 Å². The molecule has 1 saturated carbocycles. The lowest BCUT2D eigenvalue weighted by molar-refractivity contribution is -0.191. The Hall–Kier alpha value is -1.34. The number of carbonyl (C=O) groups is 2. The highest BCUT2D eigenvalue weighted by Crippen LogP contribution is 2.39. The van der Waals surface area contributed by atoms with Crippen LogP contribution in [0.1, 0.15) is 45.4 Å². The molecule has 0 aromatic heterocycles. The molecule has 2 N–H and O–H groups in total. The van der Waals surface area contributed by atoms with Crippen molar-refractivity contribution in [3.63, 3.8) is 0 Å². The van der Waals surface area contributed by atoms with Crippen molar-refractivity contribution in [3.8, 4) is 0 Å². The van der Waals surface area contributed by atoms with Crippen LogP contribution >= 0.6 is 0 Å². The van der Waals surface area contributed by atoms with Gasteiger partial charge < -0.3 is 24.8 Å². The number of carboxylic acids is 1. The Balaban J connectivity index is 1.43. The lowest BCUT2D eigenvalue weighted by atomic mass is 9.86. The van der Waals surface area contributed by atoms with Gasteiger partial charge in [-0.25, -0.2) is 4.79 Å². The van der Waals surface area contributed by atoms with Gasteiger partial charge in [0.2, 0.25) is 0 Å². The fraction of sp³-hybridized carbons (Fsp3) is 0.882. The summed E-state index contributed by atoms with van der Waals surface area (Å²) in [5, 5.41) is 12.0. The summed E-state index contributed by atoms with van der Waals surface area (Å²) in [6.07, 6.45) is 5.32. The summed E-state index contributed by atoms with van der Waals surface area (Å²) in [6, 6.07) is -0.206. The Morgan fingerprint density at radius 3 is 2.75 bits per heavy atom. The third kappa shape index (κ3) is 4.00. The molecule has 1 spiro atoms. The molecule has 3 aliphatic rings. The quantitative estimate of drug-likeness (QED) is 0.818. The summed E-state index contributed by atoms with van der Waals surface area (Å²) < 4.78 is 12.0. The molecule has 2 saturated heterocycles. The number of nitrogens with zero attached hydrogens (tertiary/aromatic N) is 1. The molecule has 7 heteroatoms. The molecule has 3 fully saturated rings. The number of piperidine rings is 1. The van der Waals surface area contributed by atoms with Gasteiger partial charge in [0, 0.05) is 32.5 Å². The SMILES string of the molecule is CC1CCC2(CC1)OCC(CNC(=O)N1CCCC(C(=O)O)C1)O2. The fourth-order valence-electron chi connectivity index (χ4n) is 3.86. The highest BCUT2D eigenvalue weighted by molar-refractivity contribution is 5.76. The number of amides is 2. The predicted molar refractivity (Wildman–Crippen MR) is 86.5 cm³/mol. The Bertz CT molecular complexity index is 476. The van der Waals surface area contributed by atoms with E-state index in [2.05, 4.69) is 12.2 Å². The summed E-state index contributed by atoms with van der Waals surface area (Å²) in [5.41, 5.74) is 0. The van der Waals surface area contributed by atoms with Crippen molar-refractivity contribution in [3.05, 3.63) is 0 Å². The number of urea groups is 1. The molecule has 2 atom stereocenters. The Morgan fingerprint density at radius 2 is 2.04 bits per heavy atom. The van der Waals surface area contributed by atoms with E-state index in [0.717, 1.165) is 38.0 Å². The maximum Gasteiger partial charge on any atom is 0.317 e. The van der Waals surface area contributed by atoms with Gasteiger partial charge in [-0.3, -0.25) is 4.79 Å². The molecule has 2 amide bonds. The number of carboxylic acid groups (broad SMARTS) is 1. The van der Waals surface area contributed by atoms with Crippen LogP contribution < -0.4 is 5.32 Å². The molecule has 1 aliphatic carbocycles. The summed E-state index contributed by atoms with van der Waals surface area (Å²) in [7, 11) is 0. The smallest absolute Gasteiger partial charge is 0.317 e. The van der Waals surface area contributed by atoms with E-state index < -0.39 is 17.7 Å². The van der Waals surface area contributed by atoms with E-state index in [1.807, 2.05) is 0 Å². The number of aliphatic carboxylic acids is 1. The molecule has 0 radical (unpaired) electrons. The average molecular weight is 340 g/mol. The van der Waals surface area contributed by atoms with E-state index in [0.29, 0.717) is 26.1 Å². The third-order valence-corrected chi connectivity index (χ3v) is 5.49. The Kier molecular flexibility index (Phi) is 5.30. The van der Waals surface area contributed by atoms with Crippen LogP contribution in [0.4, 0.5) is 4.79 Å². The average Bonchev–Trinajstić information content (AvgIpc) is 2.99. The lowest BCUT2D eigenvalue weighted by Crippen LogP contribution is -2.48. The summed E-state index contributed by atoms with van der Waals surface area (Å²) in [6.45, 7) is 4.06. The van der Waals surface area contributed by atoms with Crippen molar-refractivity contribution < 1.29 is 24.2 Å². The molecule has 0 bridgehead atoms. The van der Waals surface area contributed by atoms with Crippen LogP contribution in [-0.2, 0) is 14.3 Å². The van der Waals surface area contributed by atoms with E-state index in [-0.39, 0.29) is 18.7 Å². The first-order valence-corrected chi connectivity index (χ1v) is 9.05. The molecule has 2 aliphatic heterocycles. The largest absolute Gasteiger partial charge is 0.481 e. The lowest BCUT2D eigenvalue weighted by Gasteiger charge is -2.34. The minimum Gasteiger partial charge on any atom is -0.481 e. The maximum atomic E-state index is 12.3. The summed E-state index contributed by atoms with van der Waals surface area (Å²) in [5.74, 6) is -0.999. The van der Waals surface area contributed by atoms with Crippen molar-refractivity contribution in [1.29, 1.82) is 0 Å². The molecule has 3 rings (SSSR count). The monoisotopic (exact) mass is 340 g/mol. The fourth-order valence-corrected chi connectivity index (χ4v) is 3.86. The molecule has 0 aromatic carbocycles. The number of hydrogen-bond donors (Lipinski definition) is 2. The number of ether oxygens (including phenoxy) is 2. The van der Waals surface area contributed by atoms with Gasteiger partial charge in [0.05, 0.1) is 12.5 Å². The first kappa shape index (κ1) is 17.5. The molecule has 2 unspecified atom stereocenters. The van der Waals surface area contributed by atoms with Gasteiger partial charge in [-0.05, 0) is 31.6 Å². The zero-order valence-electron chi connectivity index (χ0n) is 14.3. The van der Waals surface area contributed by atoms with Crippen LogP contribution in [-0.4, -0.2) is 60.1 Å². The van der Waals surface area contributed by atoms with Gasteiger partial charge in [0.25, 0.3) is 0 Å². The number of nitrogens with one attached hydrogen (secondary N) is 1.